The number of methoxy groups -OCH3 is 2. The topological polar surface area (TPSA) is 71.1 Å². The van der Waals surface area contributed by atoms with Gasteiger partial charge < -0.3 is 18.9 Å². The summed E-state index contributed by atoms with van der Waals surface area (Å²) >= 11 is 0. The van der Waals surface area contributed by atoms with Crippen LogP contribution in [0.1, 0.15) is 38.8 Å². The fraction of sp³-hybridized carbons (Fsp3) is 0.226. The third kappa shape index (κ3) is 6.05. The Morgan fingerprint density at radius 3 is 2.05 bits per heavy atom. The summed E-state index contributed by atoms with van der Waals surface area (Å²) < 4.78 is 22.7. The molecule has 1 unspecified atom stereocenters. The summed E-state index contributed by atoms with van der Waals surface area (Å²) in [5, 5.41) is 0. The number of fused-ring (bicyclic) bond motifs is 1. The van der Waals surface area contributed by atoms with Crippen molar-refractivity contribution in [2.75, 3.05) is 20.8 Å². The minimum absolute atomic E-state index is 0.173. The van der Waals surface area contributed by atoms with Crippen LogP contribution in [0.4, 0.5) is 0 Å². The van der Waals surface area contributed by atoms with Gasteiger partial charge in [-0.2, -0.15) is 0 Å². The highest BCUT2D eigenvalue weighted by molar-refractivity contribution is 6.32. The van der Waals surface area contributed by atoms with Crippen LogP contribution in [0.3, 0.4) is 0 Å². The van der Waals surface area contributed by atoms with E-state index in [1.54, 1.807) is 38.3 Å². The molecule has 4 rings (SSSR count). The highest BCUT2D eigenvalue weighted by Crippen LogP contribution is 2.41. The van der Waals surface area contributed by atoms with Gasteiger partial charge in [0.15, 0.2) is 23.1 Å². The molecule has 1 aliphatic rings. The standard InChI is InChI=1S/C31H30O6/c1-21(34-2)18-26-24(16-17-36-19-22-10-6-4-7-11-22)29(32)25-14-15-27(31(35-3)28(25)30(26)33)37-20-23-12-8-5-9-13-23/h4-16,18,21H,17,19-20H2,1-3H3/b24-16+,26-18+. The minimum atomic E-state index is -0.384. The van der Waals surface area contributed by atoms with Crippen LogP contribution in [0.15, 0.2) is 96.1 Å². The molecular weight excluding hydrogens is 468 g/mol. The van der Waals surface area contributed by atoms with Gasteiger partial charge >= 0.3 is 0 Å². The van der Waals surface area contributed by atoms with Crippen LogP contribution in [-0.2, 0) is 22.7 Å². The van der Waals surface area contributed by atoms with Crippen molar-refractivity contribution in [3.8, 4) is 11.5 Å². The maximum atomic E-state index is 13.8. The Bertz CT molecular complexity index is 1310. The minimum Gasteiger partial charge on any atom is -0.492 e. The lowest BCUT2D eigenvalue weighted by atomic mass is 9.80. The first-order chi connectivity index (χ1) is 18.0. The number of hydrogen-bond acceptors (Lipinski definition) is 6. The fourth-order valence-electron chi connectivity index (χ4n) is 4.12. The second-order valence-electron chi connectivity index (χ2n) is 8.59. The number of carbonyl (C=O) groups excluding carboxylic acids is 2. The van der Waals surface area contributed by atoms with Crippen molar-refractivity contribution >= 4 is 11.6 Å². The van der Waals surface area contributed by atoms with Gasteiger partial charge in [0.25, 0.3) is 0 Å². The van der Waals surface area contributed by atoms with Crippen LogP contribution >= 0.6 is 0 Å². The SMILES string of the molecule is COc1c(OCc2ccccc2)ccc2c1C(=O)C(=C/C(C)OC)/C(=C\COCc1ccccc1)C2=O. The predicted molar refractivity (Wildman–Crippen MR) is 141 cm³/mol. The van der Waals surface area contributed by atoms with E-state index in [1.807, 2.05) is 60.7 Å². The van der Waals surface area contributed by atoms with Crippen molar-refractivity contribution in [3.05, 3.63) is 118 Å². The first kappa shape index (κ1) is 26.1. The average molecular weight is 499 g/mol. The third-order valence-corrected chi connectivity index (χ3v) is 6.10. The van der Waals surface area contributed by atoms with Crippen LogP contribution in [-0.4, -0.2) is 38.5 Å². The number of rotatable bonds is 10. The molecule has 0 fully saturated rings. The number of allylic oxidation sites excluding steroid dienone is 2. The van der Waals surface area contributed by atoms with Crippen LogP contribution in [0.5, 0.6) is 11.5 Å². The lowest BCUT2D eigenvalue weighted by Gasteiger charge is -2.24. The lowest BCUT2D eigenvalue weighted by molar-refractivity contribution is 0.0962. The third-order valence-electron chi connectivity index (χ3n) is 6.10. The van der Waals surface area contributed by atoms with Gasteiger partial charge in [0, 0.05) is 23.8 Å². The molecule has 0 heterocycles. The summed E-state index contributed by atoms with van der Waals surface area (Å²) in [6.45, 7) is 2.67. The summed E-state index contributed by atoms with van der Waals surface area (Å²) in [7, 11) is 3.01. The van der Waals surface area contributed by atoms with Gasteiger partial charge in [-0.25, -0.2) is 0 Å². The number of ether oxygens (including phenoxy) is 4. The number of benzene rings is 3. The van der Waals surface area contributed by atoms with Crippen LogP contribution < -0.4 is 9.47 Å². The zero-order valence-corrected chi connectivity index (χ0v) is 21.2. The summed E-state index contributed by atoms with van der Waals surface area (Å²) in [5.41, 5.74) is 3.00. The van der Waals surface area contributed by atoms with Gasteiger partial charge in [-0.3, -0.25) is 9.59 Å². The molecule has 37 heavy (non-hydrogen) atoms. The van der Waals surface area contributed by atoms with Crippen LogP contribution in [0.2, 0.25) is 0 Å². The van der Waals surface area contributed by atoms with E-state index in [0.717, 1.165) is 11.1 Å². The van der Waals surface area contributed by atoms with Crippen molar-refractivity contribution in [2.45, 2.75) is 26.2 Å². The largest absolute Gasteiger partial charge is 0.492 e. The highest BCUT2D eigenvalue weighted by atomic mass is 16.5. The van der Waals surface area contributed by atoms with Crippen molar-refractivity contribution in [1.29, 1.82) is 0 Å². The molecule has 1 atom stereocenters. The predicted octanol–water partition coefficient (Wildman–Crippen LogP) is 5.76. The molecule has 190 valence electrons. The molecule has 0 bridgehead atoms. The molecule has 3 aromatic rings. The fourth-order valence-corrected chi connectivity index (χ4v) is 4.12. The molecule has 6 heteroatoms. The normalized spacial score (nSPS) is 16.1. The number of hydrogen-bond donors (Lipinski definition) is 0. The van der Waals surface area contributed by atoms with E-state index in [-0.39, 0.29) is 52.3 Å². The quantitative estimate of drug-likeness (QED) is 0.262. The van der Waals surface area contributed by atoms with Crippen molar-refractivity contribution in [3.63, 3.8) is 0 Å². The van der Waals surface area contributed by atoms with E-state index in [2.05, 4.69) is 0 Å². The number of carbonyl (C=O) groups is 2. The van der Waals surface area contributed by atoms with E-state index < -0.39 is 0 Å². The molecule has 0 aromatic heterocycles. The van der Waals surface area contributed by atoms with Gasteiger partial charge in [-0.05, 0) is 42.3 Å². The Labute approximate surface area is 217 Å². The summed E-state index contributed by atoms with van der Waals surface area (Å²) in [4.78, 5) is 27.4. The van der Waals surface area contributed by atoms with Gasteiger partial charge in [-0.15, -0.1) is 0 Å². The molecule has 0 aliphatic heterocycles. The second kappa shape index (κ2) is 12.3. The van der Waals surface area contributed by atoms with Crippen molar-refractivity contribution < 1.29 is 28.5 Å². The van der Waals surface area contributed by atoms with E-state index in [4.69, 9.17) is 18.9 Å². The van der Waals surface area contributed by atoms with Gasteiger partial charge in [0.1, 0.15) is 6.61 Å². The van der Waals surface area contributed by atoms with Crippen molar-refractivity contribution in [1.82, 2.24) is 0 Å². The maximum Gasteiger partial charge on any atom is 0.198 e. The van der Waals surface area contributed by atoms with Gasteiger partial charge in [0.2, 0.25) is 0 Å². The summed E-state index contributed by atoms with van der Waals surface area (Å²) in [6.07, 6.45) is 2.93. The van der Waals surface area contributed by atoms with Crippen LogP contribution in [0.25, 0.3) is 0 Å². The van der Waals surface area contributed by atoms with Crippen LogP contribution in [0, 0.1) is 0 Å². The smallest absolute Gasteiger partial charge is 0.198 e. The Balaban J connectivity index is 1.66. The molecule has 6 nitrogen and oxygen atoms in total. The first-order valence-electron chi connectivity index (χ1n) is 12.1. The van der Waals surface area contributed by atoms with E-state index >= 15 is 0 Å². The van der Waals surface area contributed by atoms with Gasteiger partial charge in [-0.1, -0.05) is 60.7 Å². The Hall–Kier alpha value is -4.00. The Morgan fingerprint density at radius 1 is 0.784 bits per heavy atom. The molecule has 0 spiro atoms. The number of ketones is 2. The Morgan fingerprint density at radius 2 is 1.43 bits per heavy atom. The Kier molecular flexibility index (Phi) is 8.67. The van der Waals surface area contributed by atoms with E-state index in [0.29, 0.717) is 19.0 Å². The average Bonchev–Trinajstić information content (AvgIpc) is 2.94. The van der Waals surface area contributed by atoms with Crippen molar-refractivity contribution in [2.24, 2.45) is 0 Å². The first-order valence-corrected chi connectivity index (χ1v) is 12.1. The monoisotopic (exact) mass is 498 g/mol. The molecule has 0 saturated heterocycles. The van der Waals surface area contributed by atoms with E-state index in [9.17, 15) is 9.59 Å². The molecule has 3 aromatic carbocycles. The zero-order valence-electron chi connectivity index (χ0n) is 21.2. The highest BCUT2D eigenvalue weighted by Gasteiger charge is 2.36. The molecule has 0 N–H and O–H groups in total. The van der Waals surface area contributed by atoms with E-state index in [1.165, 1.54) is 7.11 Å². The molecular formula is C31H30O6. The maximum absolute atomic E-state index is 13.8. The summed E-state index contributed by atoms with van der Waals surface area (Å²) in [5.74, 6) is 0.0290. The molecule has 0 amide bonds. The summed E-state index contributed by atoms with van der Waals surface area (Å²) in [6, 6.07) is 22.7. The lowest BCUT2D eigenvalue weighted by Crippen LogP contribution is -2.25. The molecule has 0 saturated carbocycles. The second-order valence-corrected chi connectivity index (χ2v) is 8.59. The zero-order chi connectivity index (χ0) is 26.2. The molecule has 1 aliphatic carbocycles. The molecule has 0 radical (unpaired) electrons. The number of Topliss-reactive ketones (excluding diaryl/α,β-unsaturated/α-hetero) is 2. The van der Waals surface area contributed by atoms with Gasteiger partial charge in [0.05, 0.1) is 32.0 Å².